The molecule has 0 unspecified atom stereocenters. The van der Waals surface area contributed by atoms with Crippen LogP contribution in [0.2, 0.25) is 5.28 Å². The van der Waals surface area contributed by atoms with Crippen LogP contribution in [-0.2, 0) is 0 Å². The third kappa shape index (κ3) is 4.30. The number of hydrogen-bond donors (Lipinski definition) is 2. The summed E-state index contributed by atoms with van der Waals surface area (Å²) in [5.74, 6) is 0.674. The molecule has 0 aromatic carbocycles. The van der Waals surface area contributed by atoms with Gasteiger partial charge in [0.25, 0.3) is 0 Å². The van der Waals surface area contributed by atoms with E-state index in [1.807, 2.05) is 17.5 Å². The summed E-state index contributed by atoms with van der Waals surface area (Å²) in [5.41, 5.74) is 1.47. The number of thiazole rings is 1. The zero-order valence-electron chi connectivity index (χ0n) is 13.4. The first-order valence-corrected chi connectivity index (χ1v) is 9.20. The lowest BCUT2D eigenvalue weighted by atomic mass is 10.1. The Labute approximate surface area is 149 Å². The monoisotopic (exact) mass is 362 g/mol. The summed E-state index contributed by atoms with van der Waals surface area (Å²) < 4.78 is 0. The first kappa shape index (κ1) is 16.9. The van der Waals surface area contributed by atoms with Gasteiger partial charge in [0.15, 0.2) is 10.9 Å². The minimum atomic E-state index is 0.199. The van der Waals surface area contributed by atoms with E-state index in [2.05, 4.69) is 37.5 Å². The summed E-state index contributed by atoms with van der Waals surface area (Å²) in [6.45, 7) is 2.94. The molecule has 126 valence electrons. The fourth-order valence-electron chi connectivity index (χ4n) is 2.43. The number of anilines is 2. The summed E-state index contributed by atoms with van der Waals surface area (Å²) in [4.78, 5) is 17.2. The Hall–Kier alpha value is -1.99. The van der Waals surface area contributed by atoms with Gasteiger partial charge in [-0.1, -0.05) is 19.8 Å². The predicted molar refractivity (Wildman–Crippen MR) is 99.9 cm³/mol. The van der Waals surface area contributed by atoms with Crippen molar-refractivity contribution >= 4 is 44.9 Å². The van der Waals surface area contributed by atoms with Gasteiger partial charge in [0.05, 0.1) is 5.52 Å². The summed E-state index contributed by atoms with van der Waals surface area (Å²) in [7, 11) is 0. The number of hydrogen-bond acceptors (Lipinski definition) is 7. The molecule has 3 heterocycles. The van der Waals surface area contributed by atoms with Gasteiger partial charge in [-0.25, -0.2) is 9.97 Å². The van der Waals surface area contributed by atoms with Crippen LogP contribution < -0.4 is 10.6 Å². The molecular formula is C16H19ClN6S. The smallest absolute Gasteiger partial charge is 0.225 e. The number of aromatic nitrogens is 4. The van der Waals surface area contributed by atoms with E-state index in [9.17, 15) is 0 Å². The number of fused-ring (bicyclic) bond motifs is 1. The standard InChI is InChI=1S/C16H19ClN6S/c1-2-3-5-11(10-20-16-19-8-9-24-16)21-14-13-12(6-4-7-18-13)22-15(17)23-14/h4,6-9,11H,2-3,5,10H2,1H3,(H,19,20)(H,21,22,23)/t11-/m1/s1. The molecular weight excluding hydrogens is 344 g/mol. The molecule has 24 heavy (non-hydrogen) atoms. The van der Waals surface area contributed by atoms with Crippen molar-refractivity contribution in [1.82, 2.24) is 19.9 Å². The summed E-state index contributed by atoms with van der Waals surface area (Å²) in [6.07, 6.45) is 6.81. The number of pyridine rings is 1. The van der Waals surface area contributed by atoms with Gasteiger partial charge < -0.3 is 10.6 Å². The molecule has 1 atom stereocenters. The molecule has 2 N–H and O–H groups in total. The highest BCUT2D eigenvalue weighted by atomic mass is 35.5. The maximum absolute atomic E-state index is 6.06. The molecule has 6 nitrogen and oxygen atoms in total. The Morgan fingerprint density at radius 2 is 2.17 bits per heavy atom. The molecule has 8 heteroatoms. The molecule has 0 aliphatic rings. The predicted octanol–water partition coefficient (Wildman–Crippen LogP) is 4.22. The van der Waals surface area contributed by atoms with Gasteiger partial charge in [-0.3, -0.25) is 4.98 Å². The topological polar surface area (TPSA) is 75.6 Å². The van der Waals surface area contributed by atoms with Gasteiger partial charge in [0.2, 0.25) is 5.28 Å². The van der Waals surface area contributed by atoms with E-state index < -0.39 is 0 Å². The van der Waals surface area contributed by atoms with Gasteiger partial charge in [-0.05, 0) is 30.2 Å². The second kappa shape index (κ2) is 8.21. The second-order valence-electron chi connectivity index (χ2n) is 5.41. The van der Waals surface area contributed by atoms with Crippen LogP contribution in [0.3, 0.4) is 0 Å². The molecule has 0 bridgehead atoms. The summed E-state index contributed by atoms with van der Waals surface area (Å²) in [6, 6.07) is 3.93. The molecule has 0 aliphatic carbocycles. The number of rotatable bonds is 8. The van der Waals surface area contributed by atoms with Crippen LogP contribution in [0.1, 0.15) is 26.2 Å². The van der Waals surface area contributed by atoms with Gasteiger partial charge in [0, 0.05) is 30.4 Å². The zero-order chi connectivity index (χ0) is 16.8. The summed E-state index contributed by atoms with van der Waals surface area (Å²) >= 11 is 7.65. The molecule has 0 saturated heterocycles. The molecule has 0 amide bonds. The molecule has 0 aliphatic heterocycles. The third-order valence-electron chi connectivity index (χ3n) is 3.61. The largest absolute Gasteiger partial charge is 0.364 e. The van der Waals surface area contributed by atoms with E-state index >= 15 is 0 Å². The van der Waals surface area contributed by atoms with Crippen molar-refractivity contribution in [3.8, 4) is 0 Å². The van der Waals surface area contributed by atoms with Crippen LogP contribution in [0.15, 0.2) is 29.9 Å². The highest BCUT2D eigenvalue weighted by Gasteiger charge is 2.14. The highest BCUT2D eigenvalue weighted by Crippen LogP contribution is 2.21. The Morgan fingerprint density at radius 3 is 2.96 bits per heavy atom. The van der Waals surface area contributed by atoms with Gasteiger partial charge in [-0.15, -0.1) is 11.3 Å². The van der Waals surface area contributed by atoms with Gasteiger partial charge in [-0.2, -0.15) is 4.98 Å². The number of halogens is 1. The Balaban J connectivity index is 1.78. The lowest BCUT2D eigenvalue weighted by Crippen LogP contribution is -2.29. The Bertz CT molecular complexity index is 779. The molecule has 0 fully saturated rings. The van der Waals surface area contributed by atoms with Crippen molar-refractivity contribution in [1.29, 1.82) is 0 Å². The van der Waals surface area contributed by atoms with Gasteiger partial charge in [0.1, 0.15) is 5.52 Å². The summed E-state index contributed by atoms with van der Waals surface area (Å²) in [5, 5.41) is 9.94. The van der Waals surface area contributed by atoms with Crippen LogP contribution in [0.4, 0.5) is 10.9 Å². The van der Waals surface area contributed by atoms with E-state index in [4.69, 9.17) is 11.6 Å². The van der Waals surface area contributed by atoms with Crippen LogP contribution in [0.25, 0.3) is 11.0 Å². The average Bonchev–Trinajstić information content (AvgIpc) is 3.10. The molecule has 3 aromatic heterocycles. The van der Waals surface area contributed by atoms with E-state index in [1.165, 1.54) is 0 Å². The number of nitrogens with zero attached hydrogens (tertiary/aromatic N) is 4. The van der Waals surface area contributed by atoms with E-state index in [0.29, 0.717) is 5.82 Å². The first-order chi connectivity index (χ1) is 11.8. The van der Waals surface area contributed by atoms with Crippen LogP contribution in [0, 0.1) is 0 Å². The van der Waals surface area contributed by atoms with Crippen molar-refractivity contribution < 1.29 is 0 Å². The van der Waals surface area contributed by atoms with E-state index in [0.717, 1.165) is 42.0 Å². The lowest BCUT2D eigenvalue weighted by Gasteiger charge is -2.20. The first-order valence-electron chi connectivity index (χ1n) is 7.94. The minimum absolute atomic E-state index is 0.199. The Morgan fingerprint density at radius 1 is 1.25 bits per heavy atom. The maximum atomic E-state index is 6.06. The number of unbranched alkanes of at least 4 members (excludes halogenated alkanes) is 1. The van der Waals surface area contributed by atoms with Crippen molar-refractivity contribution in [2.45, 2.75) is 32.2 Å². The minimum Gasteiger partial charge on any atom is -0.364 e. The fraction of sp³-hybridized carbons (Fsp3) is 0.375. The second-order valence-corrected chi connectivity index (χ2v) is 6.65. The third-order valence-corrected chi connectivity index (χ3v) is 4.51. The van der Waals surface area contributed by atoms with Crippen LogP contribution in [0.5, 0.6) is 0 Å². The van der Waals surface area contributed by atoms with Gasteiger partial charge >= 0.3 is 0 Å². The van der Waals surface area contributed by atoms with Crippen LogP contribution in [-0.4, -0.2) is 32.5 Å². The zero-order valence-corrected chi connectivity index (χ0v) is 14.9. The normalized spacial score (nSPS) is 12.2. The maximum Gasteiger partial charge on any atom is 0.225 e. The lowest BCUT2D eigenvalue weighted by molar-refractivity contribution is 0.624. The number of nitrogens with one attached hydrogen (secondary N) is 2. The molecule has 0 spiro atoms. The highest BCUT2D eigenvalue weighted by molar-refractivity contribution is 7.13. The molecule has 0 saturated carbocycles. The van der Waals surface area contributed by atoms with Crippen molar-refractivity contribution in [2.75, 3.05) is 17.2 Å². The molecule has 0 radical (unpaired) electrons. The van der Waals surface area contributed by atoms with E-state index in [1.54, 1.807) is 23.7 Å². The Kier molecular flexibility index (Phi) is 5.77. The van der Waals surface area contributed by atoms with Crippen molar-refractivity contribution in [3.63, 3.8) is 0 Å². The van der Waals surface area contributed by atoms with Crippen molar-refractivity contribution in [3.05, 3.63) is 35.2 Å². The molecule has 3 aromatic rings. The SMILES string of the molecule is CCCC[C@H](CNc1nccs1)Nc1nc(Cl)nc2cccnc12. The fourth-order valence-corrected chi connectivity index (χ4v) is 3.14. The molecule has 3 rings (SSSR count). The quantitative estimate of drug-likeness (QED) is 0.584. The van der Waals surface area contributed by atoms with Crippen molar-refractivity contribution in [2.24, 2.45) is 0 Å². The van der Waals surface area contributed by atoms with E-state index in [-0.39, 0.29) is 11.3 Å². The average molecular weight is 363 g/mol. The van der Waals surface area contributed by atoms with Crippen LogP contribution >= 0.6 is 22.9 Å².